The Bertz CT molecular complexity index is 891. The molecule has 6 nitrogen and oxygen atoms in total. The number of aliphatic carboxylic acids is 1. The second-order valence-corrected chi connectivity index (χ2v) is 7.00. The van der Waals surface area contributed by atoms with Crippen LogP contribution in [0.15, 0.2) is 60.8 Å². The number of para-hydroxylation sites is 1. The molecule has 2 unspecified atom stereocenters. The van der Waals surface area contributed by atoms with Crippen molar-refractivity contribution in [3.63, 3.8) is 0 Å². The van der Waals surface area contributed by atoms with E-state index in [0.29, 0.717) is 16.5 Å². The number of carboxylic acids is 1. The number of nitrogens with one attached hydrogen (secondary N) is 2. The number of rotatable bonds is 5. The van der Waals surface area contributed by atoms with Crippen molar-refractivity contribution >= 4 is 29.7 Å². The normalized spacial score (nSPS) is 15.2. The van der Waals surface area contributed by atoms with E-state index in [1.54, 1.807) is 48.5 Å². The van der Waals surface area contributed by atoms with E-state index in [2.05, 4.69) is 10.1 Å². The van der Waals surface area contributed by atoms with Gasteiger partial charge in [0.1, 0.15) is 6.04 Å². The number of H-pyrrole nitrogens is 1. The summed E-state index contributed by atoms with van der Waals surface area (Å²) in [5.74, 6) is -1.22. The van der Waals surface area contributed by atoms with Crippen LogP contribution in [0.25, 0.3) is 10.9 Å². The number of hydrogen-bond donors (Lipinski definition) is 4. The van der Waals surface area contributed by atoms with Crippen LogP contribution in [-0.2, 0) is 9.36 Å². The van der Waals surface area contributed by atoms with Gasteiger partial charge in [-0.2, -0.15) is 0 Å². The van der Waals surface area contributed by atoms with E-state index in [-0.39, 0.29) is 5.30 Å². The van der Waals surface area contributed by atoms with Crippen LogP contribution < -0.4 is 10.4 Å². The number of carboxylic acid groups (broad SMARTS) is 1. The van der Waals surface area contributed by atoms with Gasteiger partial charge >= 0.3 is 5.97 Å². The predicted octanol–water partition coefficient (Wildman–Crippen LogP) is 2.39. The van der Waals surface area contributed by atoms with E-state index >= 15 is 0 Å². The molecule has 7 heteroatoms. The molecule has 118 valence electrons. The number of benzene rings is 2. The number of aromatic nitrogens is 1. The zero-order valence-corrected chi connectivity index (χ0v) is 12.9. The highest BCUT2D eigenvalue weighted by Gasteiger charge is 2.32. The molecule has 1 aromatic heterocycles. The van der Waals surface area contributed by atoms with E-state index in [9.17, 15) is 19.4 Å². The van der Waals surface area contributed by atoms with Gasteiger partial charge in [0, 0.05) is 17.1 Å². The fourth-order valence-electron chi connectivity index (χ4n) is 2.47. The highest BCUT2D eigenvalue weighted by Crippen LogP contribution is 2.40. The summed E-state index contributed by atoms with van der Waals surface area (Å²) in [4.78, 5) is 24.8. The molecule has 0 saturated heterocycles. The molecule has 0 aliphatic heterocycles. The van der Waals surface area contributed by atoms with Crippen LogP contribution in [0.1, 0.15) is 11.6 Å². The fraction of sp³-hybridized carbons (Fsp3) is 0.0625. The summed E-state index contributed by atoms with van der Waals surface area (Å²) in [6.45, 7) is 0. The summed E-state index contributed by atoms with van der Waals surface area (Å²) in [6.07, 6.45) is 1.43. The Morgan fingerprint density at radius 2 is 1.74 bits per heavy atom. The van der Waals surface area contributed by atoms with Crippen molar-refractivity contribution in [1.29, 1.82) is 0 Å². The van der Waals surface area contributed by atoms with Crippen LogP contribution in [0.5, 0.6) is 0 Å². The quantitative estimate of drug-likeness (QED) is 0.538. The number of carbonyl (C=O) groups is 1. The third kappa shape index (κ3) is 3.05. The fourth-order valence-corrected chi connectivity index (χ4v) is 3.98. The van der Waals surface area contributed by atoms with Gasteiger partial charge in [0.25, 0.3) is 7.52 Å². The average molecular weight is 330 g/mol. The molecule has 0 amide bonds. The van der Waals surface area contributed by atoms with Crippen molar-refractivity contribution in [2.24, 2.45) is 0 Å². The SMILES string of the molecule is O=C(O)C(NP(=O)(O)c1c[nH]c2ccccc12)c1ccccc1. The van der Waals surface area contributed by atoms with E-state index in [1.807, 2.05) is 6.07 Å². The minimum Gasteiger partial charge on any atom is -0.480 e. The number of fused-ring (bicyclic) bond motifs is 1. The molecular formula is C16H15N2O4P. The van der Waals surface area contributed by atoms with Crippen LogP contribution in [0.3, 0.4) is 0 Å². The van der Waals surface area contributed by atoms with E-state index < -0.39 is 19.5 Å². The second kappa shape index (κ2) is 6.01. The van der Waals surface area contributed by atoms with Gasteiger partial charge in [-0.25, -0.2) is 5.09 Å². The Hall–Kier alpha value is -2.40. The largest absolute Gasteiger partial charge is 0.480 e. The van der Waals surface area contributed by atoms with E-state index in [0.717, 1.165) is 0 Å². The Balaban J connectivity index is 1.99. The van der Waals surface area contributed by atoms with Crippen molar-refractivity contribution in [2.75, 3.05) is 0 Å². The molecule has 3 rings (SSSR count). The molecular weight excluding hydrogens is 315 g/mol. The van der Waals surface area contributed by atoms with Crippen molar-refractivity contribution in [2.45, 2.75) is 6.04 Å². The molecule has 23 heavy (non-hydrogen) atoms. The summed E-state index contributed by atoms with van der Waals surface area (Å²) < 4.78 is 12.7. The first-order valence-electron chi connectivity index (χ1n) is 6.94. The maximum Gasteiger partial charge on any atom is 0.325 e. The molecule has 0 bridgehead atoms. The lowest BCUT2D eigenvalue weighted by molar-refractivity contribution is -0.139. The monoisotopic (exact) mass is 330 g/mol. The van der Waals surface area contributed by atoms with Crippen LogP contribution in [0.4, 0.5) is 0 Å². The number of hydrogen-bond acceptors (Lipinski definition) is 2. The summed E-state index contributed by atoms with van der Waals surface area (Å²) in [5, 5.41) is 12.5. The molecule has 0 aliphatic rings. The second-order valence-electron chi connectivity index (χ2n) is 5.11. The first kappa shape index (κ1) is 15.5. The van der Waals surface area contributed by atoms with Gasteiger partial charge in [-0.1, -0.05) is 48.5 Å². The summed E-state index contributed by atoms with van der Waals surface area (Å²) >= 11 is 0. The third-order valence-corrected chi connectivity index (χ3v) is 5.21. The van der Waals surface area contributed by atoms with Gasteiger partial charge in [0.05, 0.1) is 5.30 Å². The maximum atomic E-state index is 12.7. The lowest BCUT2D eigenvalue weighted by Crippen LogP contribution is -2.29. The van der Waals surface area contributed by atoms with Crippen molar-refractivity contribution in [1.82, 2.24) is 10.1 Å². The van der Waals surface area contributed by atoms with Gasteiger partial charge in [0.2, 0.25) is 0 Å². The first-order valence-corrected chi connectivity index (χ1v) is 8.60. The maximum absolute atomic E-state index is 12.7. The molecule has 3 aromatic rings. The van der Waals surface area contributed by atoms with Gasteiger partial charge < -0.3 is 15.0 Å². The summed E-state index contributed by atoms with van der Waals surface area (Å²) in [7, 11) is -4.08. The summed E-state index contributed by atoms with van der Waals surface area (Å²) in [5.41, 5.74) is 1.12. The zero-order chi connectivity index (χ0) is 16.4. The Morgan fingerprint density at radius 3 is 2.43 bits per heavy atom. The first-order chi connectivity index (χ1) is 11.0. The topological polar surface area (TPSA) is 102 Å². The van der Waals surface area contributed by atoms with Gasteiger partial charge in [-0.15, -0.1) is 0 Å². The zero-order valence-electron chi connectivity index (χ0n) is 12.0. The molecule has 0 radical (unpaired) electrons. The summed E-state index contributed by atoms with van der Waals surface area (Å²) in [6, 6.07) is 14.1. The van der Waals surface area contributed by atoms with E-state index in [1.165, 1.54) is 6.20 Å². The van der Waals surface area contributed by atoms with Crippen molar-refractivity contribution < 1.29 is 19.4 Å². The van der Waals surface area contributed by atoms with Gasteiger partial charge in [-0.05, 0) is 11.6 Å². The van der Waals surface area contributed by atoms with Crippen LogP contribution in [0, 0.1) is 0 Å². The highest BCUT2D eigenvalue weighted by molar-refractivity contribution is 7.64. The molecule has 0 saturated carbocycles. The van der Waals surface area contributed by atoms with Gasteiger partial charge in [0.15, 0.2) is 0 Å². The third-order valence-electron chi connectivity index (χ3n) is 3.58. The molecule has 0 spiro atoms. The van der Waals surface area contributed by atoms with Crippen molar-refractivity contribution in [3.05, 3.63) is 66.4 Å². The molecule has 0 fully saturated rings. The molecule has 2 aromatic carbocycles. The molecule has 2 atom stereocenters. The van der Waals surface area contributed by atoms with Gasteiger partial charge in [-0.3, -0.25) is 9.36 Å². The Kier molecular flexibility index (Phi) is 4.05. The number of aromatic amines is 1. The minimum absolute atomic E-state index is 0.162. The van der Waals surface area contributed by atoms with Crippen LogP contribution in [-0.4, -0.2) is 21.0 Å². The molecule has 1 heterocycles. The highest BCUT2D eigenvalue weighted by atomic mass is 31.2. The van der Waals surface area contributed by atoms with Crippen molar-refractivity contribution in [3.8, 4) is 0 Å². The molecule has 0 aliphatic carbocycles. The Labute approximate surface area is 132 Å². The van der Waals surface area contributed by atoms with E-state index in [4.69, 9.17) is 0 Å². The standard InChI is InChI=1S/C16H15N2O4P/c19-16(20)15(11-6-2-1-3-7-11)18-23(21,22)14-10-17-13-9-5-4-8-12(13)14/h1-10,15,17H,(H,19,20)(H2,18,21,22). The smallest absolute Gasteiger partial charge is 0.325 e. The minimum atomic E-state index is -4.08. The van der Waals surface area contributed by atoms with Crippen LogP contribution >= 0.6 is 7.52 Å². The predicted molar refractivity (Wildman–Crippen MR) is 87.7 cm³/mol. The Morgan fingerprint density at radius 1 is 1.09 bits per heavy atom. The lowest BCUT2D eigenvalue weighted by Gasteiger charge is -2.19. The molecule has 4 N–H and O–H groups in total. The average Bonchev–Trinajstić information content (AvgIpc) is 2.98. The van der Waals surface area contributed by atoms with Crippen LogP contribution in [0.2, 0.25) is 0 Å². The lowest BCUT2D eigenvalue weighted by atomic mass is 10.1.